The van der Waals surface area contributed by atoms with Gasteiger partial charge in [0.2, 0.25) is 5.91 Å². The van der Waals surface area contributed by atoms with Crippen LogP contribution in [0, 0.1) is 0 Å². The van der Waals surface area contributed by atoms with E-state index in [0.29, 0.717) is 10.8 Å². The predicted octanol–water partition coefficient (Wildman–Crippen LogP) is 1.85. The molecule has 0 aliphatic heterocycles. The zero-order chi connectivity index (χ0) is 10.6. The molecule has 0 heterocycles. The van der Waals surface area contributed by atoms with Gasteiger partial charge in [-0.2, -0.15) is 0 Å². The van der Waals surface area contributed by atoms with E-state index in [4.69, 9.17) is 22.1 Å². The van der Waals surface area contributed by atoms with Crippen LogP contribution in [0.3, 0.4) is 0 Å². The number of methoxy groups -OCH3 is 1. The third-order valence-corrected chi connectivity index (χ3v) is 1.79. The van der Waals surface area contributed by atoms with Crippen LogP contribution in [0.5, 0.6) is 5.75 Å². The van der Waals surface area contributed by atoms with Gasteiger partial charge in [0.05, 0.1) is 7.11 Å². The minimum Gasteiger partial charge on any atom is -0.497 e. The fourth-order valence-electron chi connectivity index (χ4n) is 0.977. The lowest BCUT2D eigenvalue weighted by Gasteiger charge is -2.01. The minimum atomic E-state index is -0.496. The van der Waals surface area contributed by atoms with Crippen molar-refractivity contribution in [3.05, 3.63) is 34.9 Å². The molecule has 74 valence electrons. The lowest BCUT2D eigenvalue weighted by Crippen LogP contribution is -2.05. The molecule has 0 saturated carbocycles. The summed E-state index contributed by atoms with van der Waals surface area (Å²) in [5.74, 6) is 0.144. The van der Waals surface area contributed by atoms with Crippen LogP contribution in [0.15, 0.2) is 24.3 Å². The number of nitrogens with two attached hydrogens (primary N) is 1. The summed E-state index contributed by atoms with van der Waals surface area (Å²) in [6.45, 7) is 0. The van der Waals surface area contributed by atoms with E-state index < -0.39 is 5.91 Å². The molecule has 0 unspecified atom stereocenters. The molecule has 0 aromatic heterocycles. The number of benzene rings is 1. The van der Waals surface area contributed by atoms with Crippen LogP contribution < -0.4 is 10.5 Å². The molecular weight excluding hydrogens is 202 g/mol. The Morgan fingerprint density at radius 2 is 2.21 bits per heavy atom. The highest BCUT2D eigenvalue weighted by molar-refractivity contribution is 6.30. The minimum absolute atomic E-state index is 0.496. The molecule has 0 spiro atoms. The fourth-order valence-corrected chi connectivity index (χ4v) is 1.21. The van der Waals surface area contributed by atoms with E-state index in [1.165, 1.54) is 6.08 Å². The number of amides is 1. The van der Waals surface area contributed by atoms with Crippen molar-refractivity contribution in [2.75, 3.05) is 7.11 Å². The Morgan fingerprint density at radius 3 is 2.79 bits per heavy atom. The molecule has 0 aliphatic carbocycles. The zero-order valence-corrected chi connectivity index (χ0v) is 8.41. The highest BCUT2D eigenvalue weighted by atomic mass is 35.5. The van der Waals surface area contributed by atoms with Gasteiger partial charge in [0.15, 0.2) is 0 Å². The van der Waals surface area contributed by atoms with Crippen molar-refractivity contribution in [3.63, 3.8) is 0 Å². The number of primary amides is 1. The van der Waals surface area contributed by atoms with E-state index >= 15 is 0 Å². The normalized spacial score (nSPS) is 10.4. The van der Waals surface area contributed by atoms with Crippen LogP contribution in [-0.4, -0.2) is 13.0 Å². The molecule has 1 aromatic rings. The van der Waals surface area contributed by atoms with Crippen LogP contribution in [0.1, 0.15) is 5.56 Å². The molecule has 4 heteroatoms. The smallest absolute Gasteiger partial charge is 0.241 e. The first-order valence-electron chi connectivity index (χ1n) is 3.94. The molecule has 0 atom stereocenters. The summed E-state index contributed by atoms with van der Waals surface area (Å²) in [5.41, 5.74) is 5.73. The summed E-state index contributed by atoms with van der Waals surface area (Å²) in [4.78, 5) is 10.5. The van der Waals surface area contributed by atoms with Gasteiger partial charge < -0.3 is 10.5 Å². The topological polar surface area (TPSA) is 52.3 Å². The average Bonchev–Trinajstić information content (AvgIpc) is 2.14. The highest BCUT2D eigenvalue weighted by Gasteiger charge is 1.97. The molecule has 1 amide bonds. The van der Waals surface area contributed by atoms with Gasteiger partial charge in [-0.25, -0.2) is 0 Å². The van der Waals surface area contributed by atoms with Crippen molar-refractivity contribution in [3.8, 4) is 5.75 Å². The van der Waals surface area contributed by atoms with Gasteiger partial charge in [0.25, 0.3) is 0 Å². The van der Waals surface area contributed by atoms with Gasteiger partial charge >= 0.3 is 0 Å². The van der Waals surface area contributed by atoms with E-state index in [0.717, 1.165) is 5.56 Å². The van der Waals surface area contributed by atoms with Crippen LogP contribution in [-0.2, 0) is 4.79 Å². The molecule has 0 bridgehead atoms. The quantitative estimate of drug-likeness (QED) is 0.776. The number of ether oxygens (including phenoxy) is 1. The van der Waals surface area contributed by atoms with Crippen LogP contribution in [0.2, 0.25) is 5.02 Å². The Hall–Kier alpha value is -1.48. The van der Waals surface area contributed by atoms with Crippen molar-refractivity contribution >= 4 is 23.6 Å². The van der Waals surface area contributed by atoms with Gasteiger partial charge in [-0.1, -0.05) is 11.6 Å². The molecule has 1 aromatic carbocycles. The standard InChI is InChI=1S/C10H10ClNO2/c1-14-9-5-7(2-3-10(12)13)4-8(11)6-9/h2-6H,1H3,(H2,12,13). The Kier molecular flexibility index (Phi) is 3.54. The molecule has 3 nitrogen and oxygen atoms in total. The summed E-state index contributed by atoms with van der Waals surface area (Å²) in [6.07, 6.45) is 2.85. The molecule has 2 N–H and O–H groups in total. The lowest BCUT2D eigenvalue weighted by molar-refractivity contribution is -0.113. The van der Waals surface area contributed by atoms with Gasteiger partial charge in [-0.15, -0.1) is 0 Å². The number of rotatable bonds is 3. The van der Waals surface area contributed by atoms with E-state index in [9.17, 15) is 4.79 Å². The molecule has 0 fully saturated rings. The molecule has 1 rings (SSSR count). The highest BCUT2D eigenvalue weighted by Crippen LogP contribution is 2.21. The summed E-state index contributed by atoms with van der Waals surface area (Å²) in [5, 5.41) is 0.550. The molecule has 14 heavy (non-hydrogen) atoms. The summed E-state index contributed by atoms with van der Waals surface area (Å²) in [7, 11) is 1.55. The SMILES string of the molecule is COc1cc(Cl)cc(C=CC(N)=O)c1. The first-order chi connectivity index (χ1) is 6.61. The van der Waals surface area contributed by atoms with Crippen LogP contribution in [0.25, 0.3) is 6.08 Å². The molecule has 0 saturated heterocycles. The van der Waals surface area contributed by atoms with Gasteiger partial charge in [-0.05, 0) is 29.8 Å². The van der Waals surface area contributed by atoms with Crippen molar-refractivity contribution in [2.24, 2.45) is 5.73 Å². The van der Waals surface area contributed by atoms with E-state index in [-0.39, 0.29) is 0 Å². The van der Waals surface area contributed by atoms with Crippen molar-refractivity contribution in [1.82, 2.24) is 0 Å². The lowest BCUT2D eigenvalue weighted by atomic mass is 10.2. The van der Waals surface area contributed by atoms with Gasteiger partial charge in [-0.3, -0.25) is 4.79 Å². The Balaban J connectivity index is 2.97. The fraction of sp³-hybridized carbons (Fsp3) is 0.100. The number of hydrogen-bond donors (Lipinski definition) is 1. The van der Waals surface area contributed by atoms with Crippen molar-refractivity contribution in [2.45, 2.75) is 0 Å². The van der Waals surface area contributed by atoms with E-state index in [2.05, 4.69) is 0 Å². The third-order valence-electron chi connectivity index (χ3n) is 1.57. The Labute approximate surface area is 87.1 Å². The Morgan fingerprint density at radius 1 is 1.50 bits per heavy atom. The Bertz CT molecular complexity index is 374. The van der Waals surface area contributed by atoms with Crippen molar-refractivity contribution in [1.29, 1.82) is 0 Å². The maximum Gasteiger partial charge on any atom is 0.241 e. The first-order valence-corrected chi connectivity index (χ1v) is 4.31. The number of carbonyl (C=O) groups is 1. The average molecular weight is 212 g/mol. The second-order valence-corrected chi connectivity index (χ2v) is 3.10. The number of hydrogen-bond acceptors (Lipinski definition) is 2. The first kappa shape index (κ1) is 10.6. The maximum absolute atomic E-state index is 10.5. The summed E-state index contributed by atoms with van der Waals surface area (Å²) >= 11 is 5.81. The third kappa shape index (κ3) is 3.11. The van der Waals surface area contributed by atoms with Crippen LogP contribution >= 0.6 is 11.6 Å². The summed E-state index contributed by atoms with van der Waals surface area (Å²) < 4.78 is 5.01. The second kappa shape index (κ2) is 4.67. The zero-order valence-electron chi connectivity index (χ0n) is 7.66. The number of halogens is 1. The maximum atomic E-state index is 10.5. The van der Waals surface area contributed by atoms with E-state index in [1.807, 2.05) is 0 Å². The van der Waals surface area contributed by atoms with E-state index in [1.54, 1.807) is 31.4 Å². The molecule has 0 radical (unpaired) electrons. The monoisotopic (exact) mass is 211 g/mol. The largest absolute Gasteiger partial charge is 0.497 e. The van der Waals surface area contributed by atoms with Gasteiger partial charge in [0, 0.05) is 11.1 Å². The molecule has 0 aliphatic rings. The number of carbonyl (C=O) groups excluding carboxylic acids is 1. The summed E-state index contributed by atoms with van der Waals surface area (Å²) in [6, 6.07) is 5.15. The van der Waals surface area contributed by atoms with Crippen molar-refractivity contribution < 1.29 is 9.53 Å². The van der Waals surface area contributed by atoms with Crippen LogP contribution in [0.4, 0.5) is 0 Å². The van der Waals surface area contributed by atoms with Gasteiger partial charge in [0.1, 0.15) is 5.75 Å². The predicted molar refractivity (Wildman–Crippen MR) is 56.2 cm³/mol. The molecular formula is C10H10ClNO2. The second-order valence-electron chi connectivity index (χ2n) is 2.66.